The van der Waals surface area contributed by atoms with Gasteiger partial charge in [-0.15, -0.1) is 10.2 Å². The van der Waals surface area contributed by atoms with E-state index >= 15 is 0 Å². The fourth-order valence-corrected chi connectivity index (χ4v) is 3.76. The number of aliphatic imine (C=N–C) groups is 1. The highest BCUT2D eigenvalue weighted by atomic mass is 32.1. The summed E-state index contributed by atoms with van der Waals surface area (Å²) in [4.78, 5) is 21.3. The number of hydrogen-bond donors (Lipinski definition) is 0. The molecule has 1 saturated heterocycles. The van der Waals surface area contributed by atoms with E-state index in [1.54, 1.807) is 4.90 Å². The van der Waals surface area contributed by atoms with Crippen molar-refractivity contribution in [3.63, 3.8) is 0 Å². The third kappa shape index (κ3) is 5.50. The van der Waals surface area contributed by atoms with E-state index in [4.69, 9.17) is 4.99 Å². The number of anilines is 1. The van der Waals surface area contributed by atoms with Gasteiger partial charge in [0.1, 0.15) is 10.8 Å². The topological polar surface area (TPSA) is 61.7 Å². The molecule has 0 unspecified atom stereocenters. The molecule has 0 N–H and O–H groups in total. The molecule has 0 saturated carbocycles. The lowest BCUT2D eigenvalue weighted by Crippen LogP contribution is -2.33. The van der Waals surface area contributed by atoms with Crippen LogP contribution >= 0.6 is 11.3 Å². The van der Waals surface area contributed by atoms with E-state index in [0.29, 0.717) is 17.6 Å². The minimum absolute atomic E-state index is 0.00203. The van der Waals surface area contributed by atoms with Crippen LogP contribution in [0.25, 0.3) is 0 Å². The maximum absolute atomic E-state index is 13.0. The summed E-state index contributed by atoms with van der Waals surface area (Å²) in [6.07, 6.45) is 8.03. The molecule has 1 aliphatic rings. The lowest BCUT2D eigenvalue weighted by Gasteiger charge is -2.15. The first kappa shape index (κ1) is 20.8. The summed E-state index contributed by atoms with van der Waals surface area (Å²) in [5.41, 5.74) is 0. The molecule has 0 aromatic carbocycles. The predicted molar refractivity (Wildman–Crippen MR) is 109 cm³/mol. The predicted octanol–water partition coefficient (Wildman–Crippen LogP) is 5.07. The first-order valence-electron chi connectivity index (χ1n) is 10.0. The van der Waals surface area contributed by atoms with Crippen LogP contribution in [0.3, 0.4) is 0 Å². The van der Waals surface area contributed by atoms with E-state index in [-0.39, 0.29) is 6.03 Å². The number of hydrogen-bond acceptors (Lipinski definition) is 5. The molecule has 2 amide bonds. The van der Waals surface area contributed by atoms with Crippen molar-refractivity contribution < 1.29 is 4.79 Å². The van der Waals surface area contributed by atoms with Crippen LogP contribution in [-0.2, 0) is 0 Å². The molecule has 0 spiro atoms. The van der Waals surface area contributed by atoms with Crippen molar-refractivity contribution in [3.05, 3.63) is 5.01 Å². The minimum atomic E-state index is 0.00203. The fourth-order valence-electron chi connectivity index (χ4n) is 2.90. The van der Waals surface area contributed by atoms with Crippen LogP contribution in [0.1, 0.15) is 83.6 Å². The van der Waals surface area contributed by atoms with Gasteiger partial charge in [0, 0.05) is 19.0 Å². The Morgan fingerprint density at radius 1 is 1.08 bits per heavy atom. The van der Waals surface area contributed by atoms with E-state index < -0.39 is 0 Å². The lowest BCUT2D eigenvalue weighted by atomic mass is 10.2. The third-order valence-corrected chi connectivity index (χ3v) is 5.71. The van der Waals surface area contributed by atoms with Gasteiger partial charge in [-0.2, -0.15) is 0 Å². The third-order valence-electron chi connectivity index (χ3n) is 4.50. The highest BCUT2D eigenvalue weighted by Gasteiger charge is 2.37. The van der Waals surface area contributed by atoms with Crippen molar-refractivity contribution in [1.29, 1.82) is 0 Å². The average Bonchev–Trinajstić information content (AvgIpc) is 3.21. The normalized spacial score (nSPS) is 16.5. The summed E-state index contributed by atoms with van der Waals surface area (Å²) < 4.78 is 0. The highest BCUT2D eigenvalue weighted by Crippen LogP contribution is 2.29. The zero-order chi connectivity index (χ0) is 18.9. The lowest BCUT2D eigenvalue weighted by molar-refractivity contribution is 0.220. The number of rotatable bonds is 11. The van der Waals surface area contributed by atoms with Crippen molar-refractivity contribution in [2.75, 3.05) is 24.5 Å². The Labute approximate surface area is 161 Å². The molecule has 1 aliphatic heterocycles. The van der Waals surface area contributed by atoms with Gasteiger partial charge in [0.2, 0.25) is 5.13 Å². The highest BCUT2D eigenvalue weighted by molar-refractivity contribution is 7.15. The van der Waals surface area contributed by atoms with Crippen LogP contribution in [0, 0.1) is 0 Å². The Hall–Kier alpha value is -1.50. The Balaban J connectivity index is 2.11. The van der Waals surface area contributed by atoms with E-state index in [2.05, 4.69) is 37.9 Å². The number of nitrogens with zero attached hydrogens (tertiary/aromatic N) is 5. The van der Waals surface area contributed by atoms with Crippen molar-refractivity contribution >= 4 is 28.3 Å². The molecule has 0 aliphatic carbocycles. The standard InChI is InChI=1S/C19H33N5OS/c1-5-7-9-11-13-23-14-16(20-12-10-8-6-2)24(19(23)25)18-22-21-17(26-18)15(3)4/h15H,5-14H2,1-4H3. The summed E-state index contributed by atoms with van der Waals surface area (Å²) in [5.74, 6) is 1.14. The largest absolute Gasteiger partial charge is 0.332 e. The molecular weight excluding hydrogens is 346 g/mol. The van der Waals surface area contributed by atoms with E-state index in [1.165, 1.54) is 43.4 Å². The smallest absolute Gasteiger partial charge is 0.316 e. The number of carbonyl (C=O) groups excluding carboxylic acids is 1. The number of aromatic nitrogens is 2. The maximum atomic E-state index is 13.0. The zero-order valence-corrected chi connectivity index (χ0v) is 17.5. The molecule has 1 aromatic rings. The molecule has 6 nitrogen and oxygen atoms in total. The second-order valence-electron chi connectivity index (χ2n) is 7.18. The van der Waals surface area contributed by atoms with Crippen LogP contribution in [0.15, 0.2) is 4.99 Å². The minimum Gasteiger partial charge on any atom is -0.316 e. The molecular formula is C19H33N5OS. The van der Waals surface area contributed by atoms with Gasteiger partial charge in [-0.25, -0.2) is 9.69 Å². The maximum Gasteiger partial charge on any atom is 0.332 e. The fraction of sp³-hybridized carbons (Fsp3) is 0.789. The Morgan fingerprint density at radius 2 is 1.81 bits per heavy atom. The molecule has 0 atom stereocenters. The van der Waals surface area contributed by atoms with Gasteiger partial charge >= 0.3 is 6.03 Å². The Kier molecular flexibility index (Phi) is 8.48. The van der Waals surface area contributed by atoms with Gasteiger partial charge in [-0.1, -0.05) is 71.1 Å². The number of unbranched alkanes of at least 4 members (excludes halogenated alkanes) is 5. The first-order chi connectivity index (χ1) is 12.6. The number of amides is 2. The summed E-state index contributed by atoms with van der Waals surface area (Å²) >= 11 is 1.50. The van der Waals surface area contributed by atoms with E-state index in [1.807, 2.05) is 4.90 Å². The Bertz CT molecular complexity index is 599. The average molecular weight is 380 g/mol. The quantitative estimate of drug-likeness (QED) is 0.504. The molecule has 0 radical (unpaired) electrons. The molecule has 0 bridgehead atoms. The van der Waals surface area contributed by atoms with E-state index in [9.17, 15) is 4.79 Å². The van der Waals surface area contributed by atoms with Crippen molar-refractivity contribution in [2.24, 2.45) is 4.99 Å². The summed E-state index contributed by atoms with van der Waals surface area (Å²) in [6.45, 7) is 10.7. The number of carbonyl (C=O) groups is 1. The van der Waals surface area contributed by atoms with Crippen molar-refractivity contribution in [2.45, 2.75) is 78.6 Å². The second kappa shape index (κ2) is 10.6. The van der Waals surface area contributed by atoms with Crippen LogP contribution < -0.4 is 4.90 Å². The number of urea groups is 1. The van der Waals surface area contributed by atoms with Gasteiger partial charge < -0.3 is 4.90 Å². The van der Waals surface area contributed by atoms with Gasteiger partial charge in [0.15, 0.2) is 0 Å². The number of amidine groups is 1. The monoisotopic (exact) mass is 379 g/mol. The van der Waals surface area contributed by atoms with Crippen LogP contribution in [0.4, 0.5) is 9.93 Å². The van der Waals surface area contributed by atoms with Gasteiger partial charge in [-0.3, -0.25) is 4.99 Å². The molecule has 1 fully saturated rings. The second-order valence-corrected chi connectivity index (χ2v) is 8.17. The van der Waals surface area contributed by atoms with Crippen molar-refractivity contribution in [3.8, 4) is 0 Å². The van der Waals surface area contributed by atoms with E-state index in [0.717, 1.165) is 36.8 Å². The first-order valence-corrected chi connectivity index (χ1v) is 10.9. The summed E-state index contributed by atoms with van der Waals surface area (Å²) in [7, 11) is 0. The molecule has 26 heavy (non-hydrogen) atoms. The Morgan fingerprint density at radius 3 is 2.46 bits per heavy atom. The molecule has 146 valence electrons. The zero-order valence-electron chi connectivity index (χ0n) is 16.7. The summed E-state index contributed by atoms with van der Waals surface area (Å²) in [5, 5.41) is 10.1. The molecule has 1 aromatic heterocycles. The van der Waals surface area contributed by atoms with Crippen LogP contribution in [0.2, 0.25) is 0 Å². The molecule has 2 heterocycles. The van der Waals surface area contributed by atoms with Gasteiger partial charge in [0.05, 0.1) is 6.54 Å². The molecule has 7 heteroatoms. The van der Waals surface area contributed by atoms with Crippen molar-refractivity contribution in [1.82, 2.24) is 15.1 Å². The summed E-state index contributed by atoms with van der Waals surface area (Å²) in [6, 6.07) is 0.00203. The van der Waals surface area contributed by atoms with Gasteiger partial charge in [-0.05, 0) is 12.8 Å². The van der Waals surface area contributed by atoms with Gasteiger partial charge in [0.25, 0.3) is 0 Å². The SMILES string of the molecule is CCCCCCN1CC(=NCCCCC)N(c2nnc(C(C)C)s2)C1=O. The van der Waals surface area contributed by atoms with Crippen LogP contribution in [0.5, 0.6) is 0 Å². The van der Waals surface area contributed by atoms with Crippen LogP contribution in [-0.4, -0.2) is 46.6 Å². The molecule has 2 rings (SSSR count).